The van der Waals surface area contributed by atoms with Crippen molar-refractivity contribution in [3.8, 4) is 0 Å². The molecular formula is C34H23Cl2NO3. The van der Waals surface area contributed by atoms with Gasteiger partial charge in [-0.25, -0.2) is 0 Å². The topological polar surface area (TPSA) is 54.5 Å². The normalized spacial score (nSPS) is 21.9. The first-order chi connectivity index (χ1) is 19.3. The number of carbonyl (C=O) groups excluding carboxylic acids is 3. The van der Waals surface area contributed by atoms with Gasteiger partial charge in [-0.3, -0.25) is 14.4 Å². The molecule has 0 radical (unpaired) electrons. The minimum Gasteiger partial charge on any atom is -0.352 e. The van der Waals surface area contributed by atoms with Gasteiger partial charge in [0.05, 0.1) is 6.04 Å². The number of Topliss-reactive ketones (excluding diaryl/α,β-unsaturated/α-hetero) is 3. The molecule has 2 heterocycles. The summed E-state index contributed by atoms with van der Waals surface area (Å²) in [6.45, 7) is 1.97. The van der Waals surface area contributed by atoms with Gasteiger partial charge in [-0.1, -0.05) is 102 Å². The van der Waals surface area contributed by atoms with Crippen LogP contribution in [0.2, 0.25) is 10.0 Å². The van der Waals surface area contributed by atoms with Crippen LogP contribution >= 0.6 is 23.2 Å². The monoisotopic (exact) mass is 563 g/mol. The number of halogens is 2. The van der Waals surface area contributed by atoms with Crippen LogP contribution < -0.4 is 4.90 Å². The zero-order valence-electron chi connectivity index (χ0n) is 21.5. The van der Waals surface area contributed by atoms with Gasteiger partial charge in [0.15, 0.2) is 17.3 Å². The molecule has 0 amide bonds. The average Bonchev–Trinajstić information content (AvgIpc) is 3.39. The second kappa shape index (κ2) is 9.02. The Hall–Kier alpha value is -3.99. The van der Waals surface area contributed by atoms with Crippen LogP contribution in [0.25, 0.3) is 6.08 Å². The Balaban J connectivity index is 1.54. The highest BCUT2D eigenvalue weighted by Gasteiger charge is 2.71. The quantitative estimate of drug-likeness (QED) is 0.190. The summed E-state index contributed by atoms with van der Waals surface area (Å²) < 4.78 is 0. The number of ketones is 3. The third-order valence-corrected chi connectivity index (χ3v) is 9.09. The van der Waals surface area contributed by atoms with Crippen molar-refractivity contribution in [2.75, 3.05) is 4.90 Å². The first-order valence-corrected chi connectivity index (χ1v) is 13.9. The van der Waals surface area contributed by atoms with Gasteiger partial charge in [0.25, 0.3) is 0 Å². The molecule has 4 nitrogen and oxygen atoms in total. The first-order valence-electron chi connectivity index (χ1n) is 13.1. The number of nitrogens with zero attached hydrogens (tertiary/aromatic N) is 1. The van der Waals surface area contributed by atoms with Gasteiger partial charge < -0.3 is 4.90 Å². The highest BCUT2D eigenvalue weighted by atomic mass is 35.5. The summed E-state index contributed by atoms with van der Waals surface area (Å²) in [6, 6.07) is 25.5. The van der Waals surface area contributed by atoms with Crippen LogP contribution in [0.5, 0.6) is 0 Å². The van der Waals surface area contributed by atoms with E-state index in [9.17, 15) is 14.4 Å². The molecule has 7 rings (SSSR count). The lowest BCUT2D eigenvalue weighted by Gasteiger charge is -2.37. The smallest absolute Gasteiger partial charge is 0.185 e. The van der Waals surface area contributed by atoms with E-state index in [0.29, 0.717) is 32.3 Å². The highest BCUT2D eigenvalue weighted by Crippen LogP contribution is 2.61. The van der Waals surface area contributed by atoms with Crippen LogP contribution in [0, 0.1) is 12.3 Å². The molecule has 0 aromatic heterocycles. The summed E-state index contributed by atoms with van der Waals surface area (Å²) in [5.41, 5.74) is 3.09. The minimum absolute atomic E-state index is 0.158. The summed E-state index contributed by atoms with van der Waals surface area (Å²) in [7, 11) is 0. The molecule has 6 heteroatoms. The lowest BCUT2D eigenvalue weighted by atomic mass is 9.64. The molecule has 2 aliphatic heterocycles. The van der Waals surface area contributed by atoms with Gasteiger partial charge in [0, 0.05) is 38.3 Å². The molecule has 0 N–H and O–H groups in total. The second-order valence-electron chi connectivity index (χ2n) is 10.7. The van der Waals surface area contributed by atoms with Crippen LogP contribution in [0.3, 0.4) is 0 Å². The molecule has 0 unspecified atom stereocenters. The predicted molar refractivity (Wildman–Crippen MR) is 158 cm³/mol. The zero-order valence-corrected chi connectivity index (χ0v) is 23.0. The summed E-state index contributed by atoms with van der Waals surface area (Å²) >= 11 is 12.6. The fourth-order valence-electron chi connectivity index (χ4n) is 6.88. The fourth-order valence-corrected chi connectivity index (χ4v) is 7.19. The third-order valence-electron chi connectivity index (χ3n) is 8.60. The maximum Gasteiger partial charge on any atom is 0.185 e. The van der Waals surface area contributed by atoms with Crippen molar-refractivity contribution in [3.63, 3.8) is 0 Å². The Labute approximate surface area is 241 Å². The van der Waals surface area contributed by atoms with Crippen molar-refractivity contribution >= 4 is 52.3 Å². The standard InChI is InChI=1S/C34H23Cl2NO3/c1-19-6-8-21(9-7-19)31(38)30-29(20-10-13-23(35)14-11-20)34(32(39)25-4-2-3-5-26(25)33(34)40)28-17-12-22-18-24(36)15-16-27(22)37(28)30/h2-18,28-30H,1H3/t28-,29-,30+/m1/s1. The van der Waals surface area contributed by atoms with Gasteiger partial charge in [0.2, 0.25) is 0 Å². The number of carbonyl (C=O) groups is 3. The molecule has 1 saturated heterocycles. The van der Waals surface area contributed by atoms with E-state index in [2.05, 4.69) is 0 Å². The van der Waals surface area contributed by atoms with Gasteiger partial charge >= 0.3 is 0 Å². The van der Waals surface area contributed by atoms with Gasteiger partial charge in [-0.15, -0.1) is 0 Å². The summed E-state index contributed by atoms with van der Waals surface area (Å²) in [5, 5.41) is 1.09. The lowest BCUT2D eigenvalue weighted by Crippen LogP contribution is -2.48. The highest BCUT2D eigenvalue weighted by molar-refractivity contribution is 6.33. The van der Waals surface area contributed by atoms with Crippen molar-refractivity contribution in [1.29, 1.82) is 0 Å². The fraction of sp³-hybridized carbons (Fsp3) is 0.147. The Kier molecular flexibility index (Phi) is 5.64. The molecule has 3 aliphatic rings. The molecule has 1 fully saturated rings. The maximum atomic E-state index is 14.6. The van der Waals surface area contributed by atoms with E-state index >= 15 is 0 Å². The molecule has 3 atom stereocenters. The number of hydrogen-bond donors (Lipinski definition) is 0. The number of anilines is 1. The van der Waals surface area contributed by atoms with Crippen molar-refractivity contribution < 1.29 is 14.4 Å². The van der Waals surface area contributed by atoms with E-state index in [0.717, 1.165) is 16.8 Å². The van der Waals surface area contributed by atoms with Gasteiger partial charge in [-0.2, -0.15) is 0 Å². The van der Waals surface area contributed by atoms with Crippen LogP contribution in [0.1, 0.15) is 53.7 Å². The van der Waals surface area contributed by atoms with Crippen LogP contribution in [0.4, 0.5) is 5.69 Å². The van der Waals surface area contributed by atoms with E-state index in [1.807, 2.05) is 72.5 Å². The molecule has 0 saturated carbocycles. The van der Waals surface area contributed by atoms with Crippen molar-refractivity contribution in [2.24, 2.45) is 5.41 Å². The Morgan fingerprint density at radius 2 is 1.43 bits per heavy atom. The number of hydrogen-bond acceptors (Lipinski definition) is 4. The molecular weight excluding hydrogens is 541 g/mol. The Morgan fingerprint density at radius 1 is 0.800 bits per heavy atom. The number of benzene rings is 4. The molecule has 0 bridgehead atoms. The lowest BCUT2D eigenvalue weighted by molar-refractivity contribution is 0.0666. The number of aryl methyl sites for hydroxylation is 1. The summed E-state index contributed by atoms with van der Waals surface area (Å²) in [5.74, 6) is -1.45. The van der Waals surface area contributed by atoms with Crippen LogP contribution in [-0.4, -0.2) is 29.4 Å². The van der Waals surface area contributed by atoms with Crippen molar-refractivity contribution in [1.82, 2.24) is 0 Å². The zero-order chi connectivity index (χ0) is 27.8. The maximum absolute atomic E-state index is 14.6. The van der Waals surface area contributed by atoms with E-state index < -0.39 is 23.4 Å². The molecule has 196 valence electrons. The van der Waals surface area contributed by atoms with Crippen LogP contribution in [-0.2, 0) is 0 Å². The molecule has 4 aromatic carbocycles. The van der Waals surface area contributed by atoms with Gasteiger partial charge in [-0.05, 0) is 48.4 Å². The predicted octanol–water partition coefficient (Wildman–Crippen LogP) is 7.62. The SMILES string of the molecule is Cc1ccc(C(=O)[C@@H]2[C@@H](c3ccc(Cl)cc3)C3(C(=O)c4ccccc4C3=O)[C@H]3C=Cc4cc(Cl)ccc4N23)cc1. The minimum atomic E-state index is -1.55. The molecule has 1 aliphatic carbocycles. The van der Waals surface area contributed by atoms with Crippen molar-refractivity contribution in [3.05, 3.63) is 140 Å². The molecule has 1 spiro atoms. The first kappa shape index (κ1) is 25.0. The number of fused-ring (bicyclic) bond motifs is 5. The van der Waals surface area contributed by atoms with Crippen LogP contribution in [0.15, 0.2) is 97.1 Å². The van der Waals surface area contributed by atoms with E-state index in [4.69, 9.17) is 23.2 Å². The van der Waals surface area contributed by atoms with E-state index in [-0.39, 0.29) is 17.3 Å². The molecule has 4 aromatic rings. The third kappa shape index (κ3) is 3.36. The number of rotatable bonds is 3. The van der Waals surface area contributed by atoms with E-state index in [1.165, 1.54) is 0 Å². The Morgan fingerprint density at radius 3 is 2.08 bits per heavy atom. The summed E-state index contributed by atoms with van der Waals surface area (Å²) in [6.07, 6.45) is 3.80. The van der Waals surface area contributed by atoms with Crippen molar-refractivity contribution in [2.45, 2.75) is 24.9 Å². The van der Waals surface area contributed by atoms with Gasteiger partial charge in [0.1, 0.15) is 11.5 Å². The second-order valence-corrected chi connectivity index (χ2v) is 11.6. The largest absolute Gasteiger partial charge is 0.352 e. The molecule has 40 heavy (non-hydrogen) atoms. The summed E-state index contributed by atoms with van der Waals surface area (Å²) in [4.78, 5) is 45.8. The average molecular weight is 564 g/mol. The van der Waals surface area contributed by atoms with E-state index in [1.54, 1.807) is 42.5 Å². The Bertz CT molecular complexity index is 1720.